The van der Waals surface area contributed by atoms with Gasteiger partial charge in [-0.2, -0.15) is 13.8 Å². The molecule has 3 rings (SSSR count). The number of alkyl halides is 2. The van der Waals surface area contributed by atoms with Crippen LogP contribution in [0, 0.1) is 0 Å². The molecule has 10 heteroatoms. The van der Waals surface area contributed by atoms with Gasteiger partial charge in [-0.15, -0.1) is 0 Å². The summed E-state index contributed by atoms with van der Waals surface area (Å²) in [6.07, 6.45) is 0. The molecule has 0 aliphatic rings. The van der Waals surface area contributed by atoms with Crippen LogP contribution >= 0.6 is 0 Å². The number of anilines is 2. The summed E-state index contributed by atoms with van der Waals surface area (Å²) < 4.78 is 32.7. The van der Waals surface area contributed by atoms with Gasteiger partial charge in [0.1, 0.15) is 5.75 Å². The second-order valence-corrected chi connectivity index (χ2v) is 3.88. The van der Waals surface area contributed by atoms with Crippen molar-refractivity contribution in [1.82, 2.24) is 20.3 Å². The van der Waals surface area contributed by atoms with Crippen LogP contribution in [-0.2, 0) is 0 Å². The third kappa shape index (κ3) is 2.78. The molecule has 0 unspecified atom stereocenters. The Morgan fingerprint density at radius 3 is 2.71 bits per heavy atom. The van der Waals surface area contributed by atoms with E-state index in [2.05, 4.69) is 35.0 Å². The van der Waals surface area contributed by atoms with Crippen LogP contribution in [0.2, 0.25) is 0 Å². The van der Waals surface area contributed by atoms with E-state index in [0.717, 1.165) is 0 Å². The van der Waals surface area contributed by atoms with E-state index in [0.29, 0.717) is 5.69 Å². The zero-order valence-corrected chi connectivity index (χ0v) is 10.2. The number of aromatic amines is 1. The molecule has 1 aromatic carbocycles. The summed E-state index contributed by atoms with van der Waals surface area (Å²) in [4.78, 5) is 18.1. The molecule has 0 spiro atoms. The monoisotopic (exact) mass is 295 g/mol. The Balaban J connectivity index is 1.84. The Labute approximate surface area is 114 Å². The molecule has 0 saturated heterocycles. The number of ether oxygens (including phenoxy) is 1. The molecule has 8 nitrogen and oxygen atoms in total. The summed E-state index contributed by atoms with van der Waals surface area (Å²) in [5.41, 5.74) is 0.206. The Hall–Kier alpha value is -3.04. The van der Waals surface area contributed by atoms with Crippen LogP contribution in [-0.4, -0.2) is 26.9 Å². The maximum Gasteiger partial charge on any atom is 0.387 e. The van der Waals surface area contributed by atoms with E-state index in [9.17, 15) is 13.6 Å². The molecule has 108 valence electrons. The van der Waals surface area contributed by atoms with Crippen molar-refractivity contribution in [2.75, 3.05) is 5.32 Å². The molecule has 21 heavy (non-hydrogen) atoms. The van der Waals surface area contributed by atoms with Crippen molar-refractivity contribution in [3.05, 3.63) is 34.6 Å². The van der Waals surface area contributed by atoms with Crippen LogP contribution < -0.4 is 15.6 Å². The van der Waals surface area contributed by atoms with Gasteiger partial charge < -0.3 is 10.1 Å². The Bertz CT molecular complexity index is 815. The van der Waals surface area contributed by atoms with E-state index in [1.807, 2.05) is 0 Å². The second kappa shape index (κ2) is 5.15. The number of benzene rings is 1. The zero-order chi connectivity index (χ0) is 14.8. The predicted molar refractivity (Wildman–Crippen MR) is 66.6 cm³/mol. The fourth-order valence-corrected chi connectivity index (χ4v) is 1.60. The predicted octanol–water partition coefficient (Wildman–Crippen LogP) is 1.65. The minimum atomic E-state index is -2.89. The summed E-state index contributed by atoms with van der Waals surface area (Å²) in [7, 11) is 0. The molecule has 0 aliphatic heterocycles. The molecular weight excluding hydrogens is 288 g/mol. The molecule has 0 bridgehead atoms. The SMILES string of the molecule is O=c1[nH]c2nonc2nc1Nc1ccc(OC(F)F)cc1. The third-order valence-electron chi connectivity index (χ3n) is 2.48. The topological polar surface area (TPSA) is 106 Å². The molecule has 0 fully saturated rings. The number of aromatic nitrogens is 4. The van der Waals surface area contributed by atoms with Gasteiger partial charge >= 0.3 is 6.61 Å². The molecule has 2 heterocycles. The minimum Gasteiger partial charge on any atom is -0.435 e. The molecular formula is C11H7F2N5O3. The first-order chi connectivity index (χ1) is 10.1. The lowest BCUT2D eigenvalue weighted by molar-refractivity contribution is -0.0498. The van der Waals surface area contributed by atoms with Gasteiger partial charge in [0.05, 0.1) is 0 Å². The quantitative estimate of drug-likeness (QED) is 0.753. The molecule has 0 amide bonds. The lowest BCUT2D eigenvalue weighted by Crippen LogP contribution is -2.13. The molecule has 2 aromatic heterocycles. The number of fused-ring (bicyclic) bond motifs is 1. The summed E-state index contributed by atoms with van der Waals surface area (Å²) in [5, 5.41) is 9.67. The van der Waals surface area contributed by atoms with Gasteiger partial charge in [-0.05, 0) is 34.6 Å². The van der Waals surface area contributed by atoms with Crippen molar-refractivity contribution in [3.63, 3.8) is 0 Å². The maximum absolute atomic E-state index is 12.0. The van der Waals surface area contributed by atoms with E-state index in [-0.39, 0.29) is 22.9 Å². The number of H-pyrrole nitrogens is 1. The van der Waals surface area contributed by atoms with Crippen LogP contribution in [0.1, 0.15) is 0 Å². The van der Waals surface area contributed by atoms with Gasteiger partial charge in [0.25, 0.3) is 5.56 Å². The highest BCUT2D eigenvalue weighted by atomic mass is 19.3. The van der Waals surface area contributed by atoms with Crippen LogP contribution in [0.4, 0.5) is 20.3 Å². The number of halogens is 2. The standard InChI is InChI=1S/C11H7F2N5O3/c12-11(13)20-6-3-1-5(2-4-6)14-9-10(19)16-8-7(15-9)17-21-18-8/h1-4,11H,(H,14,15,17)(H,16,18,19). The first-order valence-electron chi connectivity index (χ1n) is 5.66. The van der Waals surface area contributed by atoms with Crippen molar-refractivity contribution >= 4 is 22.8 Å². The first-order valence-corrected chi connectivity index (χ1v) is 5.66. The normalized spacial score (nSPS) is 11.0. The van der Waals surface area contributed by atoms with E-state index in [1.54, 1.807) is 0 Å². The lowest BCUT2D eigenvalue weighted by atomic mass is 10.3. The maximum atomic E-state index is 12.0. The molecule has 0 atom stereocenters. The fraction of sp³-hybridized carbons (Fsp3) is 0.0909. The van der Waals surface area contributed by atoms with E-state index in [4.69, 9.17) is 0 Å². The second-order valence-electron chi connectivity index (χ2n) is 3.88. The van der Waals surface area contributed by atoms with Crippen molar-refractivity contribution in [3.8, 4) is 5.75 Å². The summed E-state index contributed by atoms with van der Waals surface area (Å²) in [6.45, 7) is -2.89. The van der Waals surface area contributed by atoms with E-state index in [1.165, 1.54) is 24.3 Å². The van der Waals surface area contributed by atoms with Crippen LogP contribution in [0.3, 0.4) is 0 Å². The van der Waals surface area contributed by atoms with Gasteiger partial charge in [-0.25, -0.2) is 4.63 Å². The van der Waals surface area contributed by atoms with Crippen LogP contribution in [0.15, 0.2) is 33.7 Å². The van der Waals surface area contributed by atoms with Crippen LogP contribution in [0.25, 0.3) is 11.3 Å². The number of nitrogens with zero attached hydrogens (tertiary/aromatic N) is 3. The average molecular weight is 295 g/mol. The fourth-order valence-electron chi connectivity index (χ4n) is 1.60. The molecule has 2 N–H and O–H groups in total. The molecule has 0 saturated carbocycles. The minimum absolute atomic E-state index is 0.00794. The van der Waals surface area contributed by atoms with E-state index < -0.39 is 12.2 Å². The van der Waals surface area contributed by atoms with Gasteiger partial charge in [-0.3, -0.25) is 9.78 Å². The molecule has 0 radical (unpaired) electrons. The van der Waals surface area contributed by atoms with Gasteiger partial charge in [-0.1, -0.05) is 0 Å². The van der Waals surface area contributed by atoms with Crippen molar-refractivity contribution in [1.29, 1.82) is 0 Å². The van der Waals surface area contributed by atoms with E-state index >= 15 is 0 Å². The smallest absolute Gasteiger partial charge is 0.387 e. The Morgan fingerprint density at radius 2 is 2.00 bits per heavy atom. The number of hydrogen-bond acceptors (Lipinski definition) is 7. The van der Waals surface area contributed by atoms with Crippen molar-refractivity contribution in [2.45, 2.75) is 6.61 Å². The largest absolute Gasteiger partial charge is 0.435 e. The Morgan fingerprint density at radius 1 is 1.24 bits per heavy atom. The number of hydrogen-bond donors (Lipinski definition) is 2. The van der Waals surface area contributed by atoms with Gasteiger partial charge in [0.15, 0.2) is 5.82 Å². The third-order valence-corrected chi connectivity index (χ3v) is 2.48. The van der Waals surface area contributed by atoms with Crippen LogP contribution in [0.5, 0.6) is 5.75 Å². The average Bonchev–Trinajstić information content (AvgIpc) is 2.88. The number of rotatable bonds is 4. The summed E-state index contributed by atoms with van der Waals surface area (Å²) >= 11 is 0. The first kappa shape index (κ1) is 13.0. The summed E-state index contributed by atoms with van der Waals surface area (Å²) in [6, 6.07) is 5.59. The van der Waals surface area contributed by atoms with Gasteiger partial charge in [0, 0.05) is 5.69 Å². The highest BCUT2D eigenvalue weighted by Gasteiger charge is 2.09. The Kier molecular flexibility index (Phi) is 3.18. The highest BCUT2D eigenvalue weighted by Crippen LogP contribution is 2.19. The van der Waals surface area contributed by atoms with Gasteiger partial charge in [0.2, 0.25) is 11.3 Å². The number of nitrogens with one attached hydrogen (secondary N) is 2. The molecule has 0 aliphatic carbocycles. The van der Waals surface area contributed by atoms with Crippen molar-refractivity contribution < 1.29 is 18.1 Å². The zero-order valence-electron chi connectivity index (χ0n) is 10.2. The molecule has 3 aromatic rings. The lowest BCUT2D eigenvalue weighted by Gasteiger charge is -2.07. The highest BCUT2D eigenvalue weighted by molar-refractivity contribution is 5.67. The van der Waals surface area contributed by atoms with Crippen molar-refractivity contribution in [2.24, 2.45) is 0 Å². The summed E-state index contributed by atoms with van der Waals surface area (Å²) in [5.74, 6) is -0.0192.